The van der Waals surface area contributed by atoms with Gasteiger partial charge in [0.25, 0.3) is 0 Å². The van der Waals surface area contributed by atoms with Gasteiger partial charge in [0, 0.05) is 6.54 Å². The molecule has 0 aliphatic carbocycles. The number of benzene rings is 3. The van der Waals surface area contributed by atoms with Crippen molar-refractivity contribution < 1.29 is 4.79 Å². The SMILES string of the molecule is C=CCn1c(C(C)NC(=O)Cc2ccc(-c3ccccc3)cc2)nc2ccccc21. The molecule has 0 saturated heterocycles. The lowest BCUT2D eigenvalue weighted by atomic mass is 10.0. The van der Waals surface area contributed by atoms with Crippen molar-refractivity contribution in [2.45, 2.75) is 25.9 Å². The van der Waals surface area contributed by atoms with E-state index in [0.29, 0.717) is 13.0 Å². The van der Waals surface area contributed by atoms with Crippen LogP contribution in [0.3, 0.4) is 0 Å². The van der Waals surface area contributed by atoms with Crippen LogP contribution in [0, 0.1) is 0 Å². The molecule has 0 bridgehead atoms. The Kier molecular flexibility index (Phi) is 5.75. The summed E-state index contributed by atoms with van der Waals surface area (Å²) in [6.07, 6.45) is 2.18. The lowest BCUT2D eigenvalue weighted by molar-refractivity contribution is -0.121. The molecule has 1 heterocycles. The van der Waals surface area contributed by atoms with Crippen molar-refractivity contribution in [3.05, 3.63) is 103 Å². The maximum Gasteiger partial charge on any atom is 0.224 e. The number of allylic oxidation sites excluding steroid dienone is 1. The van der Waals surface area contributed by atoms with Crippen molar-refractivity contribution in [3.8, 4) is 11.1 Å². The molecule has 3 aromatic carbocycles. The van der Waals surface area contributed by atoms with Gasteiger partial charge in [-0.05, 0) is 35.7 Å². The van der Waals surface area contributed by atoms with E-state index in [9.17, 15) is 4.79 Å². The van der Waals surface area contributed by atoms with Crippen molar-refractivity contribution >= 4 is 16.9 Å². The van der Waals surface area contributed by atoms with E-state index in [1.165, 1.54) is 5.56 Å². The second-order valence-electron chi connectivity index (χ2n) is 7.39. The van der Waals surface area contributed by atoms with Gasteiger partial charge in [0.15, 0.2) is 0 Å². The first-order valence-electron chi connectivity index (χ1n) is 10.2. The minimum absolute atomic E-state index is 0.0211. The topological polar surface area (TPSA) is 46.9 Å². The fourth-order valence-corrected chi connectivity index (χ4v) is 3.73. The molecule has 0 spiro atoms. The van der Waals surface area contributed by atoms with Crippen LogP contribution in [0.25, 0.3) is 22.2 Å². The van der Waals surface area contributed by atoms with Crippen molar-refractivity contribution in [3.63, 3.8) is 0 Å². The zero-order valence-corrected chi connectivity index (χ0v) is 17.1. The summed E-state index contributed by atoms with van der Waals surface area (Å²) in [4.78, 5) is 17.4. The number of hydrogen-bond acceptors (Lipinski definition) is 2. The Balaban J connectivity index is 1.46. The number of hydrogen-bond donors (Lipinski definition) is 1. The lowest BCUT2D eigenvalue weighted by Gasteiger charge is -2.15. The van der Waals surface area contributed by atoms with Crippen LogP contribution in [0.1, 0.15) is 24.4 Å². The standard InChI is InChI=1S/C26H25N3O/c1-3-17-29-24-12-8-7-11-23(24)28-26(29)19(2)27-25(30)18-20-13-15-22(16-14-20)21-9-5-4-6-10-21/h3-16,19H,1,17-18H2,2H3,(H,27,30). The fourth-order valence-electron chi connectivity index (χ4n) is 3.73. The molecule has 30 heavy (non-hydrogen) atoms. The molecule has 1 unspecified atom stereocenters. The molecule has 0 radical (unpaired) electrons. The molecule has 1 amide bonds. The molecule has 0 saturated carbocycles. The van der Waals surface area contributed by atoms with Gasteiger partial charge < -0.3 is 9.88 Å². The van der Waals surface area contributed by atoms with Crippen molar-refractivity contribution in [2.75, 3.05) is 0 Å². The third-order valence-corrected chi connectivity index (χ3v) is 5.19. The van der Waals surface area contributed by atoms with E-state index in [1.54, 1.807) is 0 Å². The summed E-state index contributed by atoms with van der Waals surface area (Å²) in [5, 5.41) is 3.09. The number of imidazole rings is 1. The molecule has 1 aromatic heterocycles. The summed E-state index contributed by atoms with van der Waals surface area (Å²) in [7, 11) is 0. The van der Waals surface area contributed by atoms with E-state index in [2.05, 4.69) is 40.7 Å². The van der Waals surface area contributed by atoms with Crippen LogP contribution in [0.2, 0.25) is 0 Å². The maximum atomic E-state index is 12.7. The van der Waals surface area contributed by atoms with Gasteiger partial charge in [-0.25, -0.2) is 4.98 Å². The highest BCUT2D eigenvalue weighted by molar-refractivity contribution is 5.80. The Morgan fingerprint density at radius 1 is 1.00 bits per heavy atom. The number of amides is 1. The molecule has 1 N–H and O–H groups in total. The zero-order valence-electron chi connectivity index (χ0n) is 17.1. The summed E-state index contributed by atoms with van der Waals surface area (Å²) in [6, 6.07) is 26.2. The summed E-state index contributed by atoms with van der Waals surface area (Å²) >= 11 is 0. The van der Waals surface area contributed by atoms with Crippen LogP contribution < -0.4 is 5.32 Å². The Bertz CT molecular complexity index is 1160. The highest BCUT2D eigenvalue weighted by Crippen LogP contribution is 2.22. The highest BCUT2D eigenvalue weighted by Gasteiger charge is 2.18. The Morgan fingerprint density at radius 3 is 2.40 bits per heavy atom. The minimum atomic E-state index is -0.201. The van der Waals surface area contributed by atoms with E-state index >= 15 is 0 Å². The largest absolute Gasteiger partial charge is 0.346 e. The number of nitrogens with zero attached hydrogens (tertiary/aromatic N) is 2. The van der Waals surface area contributed by atoms with Crippen molar-refractivity contribution in [2.24, 2.45) is 0 Å². The van der Waals surface area contributed by atoms with Crippen LogP contribution in [-0.2, 0) is 17.8 Å². The van der Waals surface area contributed by atoms with Gasteiger partial charge in [0.2, 0.25) is 5.91 Å². The second kappa shape index (κ2) is 8.78. The summed E-state index contributed by atoms with van der Waals surface area (Å²) in [5.74, 6) is 0.816. The average Bonchev–Trinajstić information content (AvgIpc) is 3.14. The quantitative estimate of drug-likeness (QED) is 0.431. The predicted molar refractivity (Wildman–Crippen MR) is 122 cm³/mol. The third-order valence-electron chi connectivity index (χ3n) is 5.19. The molecule has 4 aromatic rings. The number of fused-ring (bicyclic) bond motifs is 1. The number of carbonyl (C=O) groups is 1. The zero-order chi connectivity index (χ0) is 20.9. The maximum absolute atomic E-state index is 12.7. The number of para-hydroxylation sites is 2. The van der Waals surface area contributed by atoms with Gasteiger partial charge in [0.1, 0.15) is 5.82 Å². The molecule has 0 aliphatic rings. The van der Waals surface area contributed by atoms with Gasteiger partial charge >= 0.3 is 0 Å². The monoisotopic (exact) mass is 395 g/mol. The molecule has 0 aliphatic heterocycles. The Labute approximate surface area is 176 Å². The fraction of sp³-hybridized carbons (Fsp3) is 0.154. The summed E-state index contributed by atoms with van der Waals surface area (Å²) in [5.41, 5.74) is 5.27. The molecule has 4 heteroatoms. The molecule has 4 rings (SSSR count). The predicted octanol–water partition coefficient (Wildman–Crippen LogP) is 5.31. The van der Waals surface area contributed by atoms with Crippen LogP contribution >= 0.6 is 0 Å². The van der Waals surface area contributed by atoms with Gasteiger partial charge in [-0.1, -0.05) is 72.8 Å². The molecular formula is C26H25N3O. The van der Waals surface area contributed by atoms with Gasteiger partial charge in [0.05, 0.1) is 23.5 Å². The first-order chi connectivity index (χ1) is 14.7. The smallest absolute Gasteiger partial charge is 0.224 e. The summed E-state index contributed by atoms with van der Waals surface area (Å²) < 4.78 is 2.10. The first-order valence-corrected chi connectivity index (χ1v) is 10.2. The van der Waals surface area contributed by atoms with Crippen LogP contribution in [0.5, 0.6) is 0 Å². The van der Waals surface area contributed by atoms with Crippen LogP contribution in [0.4, 0.5) is 0 Å². The number of rotatable bonds is 7. The van der Waals surface area contributed by atoms with Gasteiger partial charge in [-0.3, -0.25) is 4.79 Å². The van der Waals surface area contributed by atoms with E-state index in [-0.39, 0.29) is 11.9 Å². The molecule has 0 fully saturated rings. The van der Waals surface area contributed by atoms with E-state index in [1.807, 2.05) is 67.6 Å². The molecule has 1 atom stereocenters. The van der Waals surface area contributed by atoms with Gasteiger partial charge in [-0.15, -0.1) is 6.58 Å². The first kappa shape index (κ1) is 19.6. The Hall–Kier alpha value is -3.66. The highest BCUT2D eigenvalue weighted by atomic mass is 16.1. The Morgan fingerprint density at radius 2 is 1.67 bits per heavy atom. The molecule has 150 valence electrons. The average molecular weight is 396 g/mol. The second-order valence-corrected chi connectivity index (χ2v) is 7.39. The van der Waals surface area contributed by atoms with Crippen molar-refractivity contribution in [1.29, 1.82) is 0 Å². The number of carbonyl (C=O) groups excluding carboxylic acids is 1. The van der Waals surface area contributed by atoms with E-state index < -0.39 is 0 Å². The number of nitrogens with one attached hydrogen (secondary N) is 1. The van der Waals surface area contributed by atoms with Crippen molar-refractivity contribution in [1.82, 2.24) is 14.9 Å². The summed E-state index contributed by atoms with van der Waals surface area (Å²) in [6.45, 7) is 6.47. The number of aromatic nitrogens is 2. The minimum Gasteiger partial charge on any atom is -0.346 e. The van der Waals surface area contributed by atoms with E-state index in [0.717, 1.165) is 28.0 Å². The molecule has 4 nitrogen and oxygen atoms in total. The lowest BCUT2D eigenvalue weighted by Crippen LogP contribution is -2.30. The third kappa shape index (κ3) is 4.18. The van der Waals surface area contributed by atoms with Gasteiger partial charge in [-0.2, -0.15) is 0 Å². The van der Waals surface area contributed by atoms with Crippen LogP contribution in [-0.4, -0.2) is 15.5 Å². The van der Waals surface area contributed by atoms with E-state index in [4.69, 9.17) is 4.98 Å². The molecular weight excluding hydrogens is 370 g/mol. The van der Waals surface area contributed by atoms with Crippen LogP contribution in [0.15, 0.2) is 91.5 Å². The normalized spacial score (nSPS) is 11.9.